The molecule has 2 aromatic carbocycles. The number of piperazine rings is 1. The molecule has 1 aliphatic heterocycles. The first-order valence-electron chi connectivity index (χ1n) is 8.38. The van der Waals surface area contributed by atoms with Crippen LogP contribution in [-0.4, -0.2) is 43.1 Å². The van der Waals surface area contributed by atoms with E-state index in [1.165, 1.54) is 11.3 Å². The number of aryl methyl sites for hydroxylation is 1. The Bertz CT molecular complexity index is 734. The highest BCUT2D eigenvalue weighted by atomic mass is 16.2. The van der Waals surface area contributed by atoms with Gasteiger partial charge in [0.05, 0.1) is 5.69 Å². The molecule has 3 rings (SSSR count). The van der Waals surface area contributed by atoms with Crippen LogP contribution in [0.4, 0.5) is 16.2 Å². The first-order chi connectivity index (χ1) is 12.1. The lowest BCUT2D eigenvalue weighted by Crippen LogP contribution is -2.53. The van der Waals surface area contributed by atoms with E-state index in [0.29, 0.717) is 18.8 Å². The Morgan fingerprint density at radius 2 is 1.64 bits per heavy atom. The van der Waals surface area contributed by atoms with Gasteiger partial charge in [0.25, 0.3) is 0 Å². The van der Waals surface area contributed by atoms with Crippen LogP contribution in [0.15, 0.2) is 59.6 Å². The third-order valence-corrected chi connectivity index (χ3v) is 4.21. The van der Waals surface area contributed by atoms with E-state index in [9.17, 15) is 4.79 Å². The molecule has 2 aromatic rings. The molecule has 0 bridgehead atoms. The van der Waals surface area contributed by atoms with E-state index < -0.39 is 0 Å². The summed E-state index contributed by atoms with van der Waals surface area (Å²) in [5.41, 5.74) is 8.98. The molecule has 1 fully saturated rings. The zero-order valence-electron chi connectivity index (χ0n) is 14.4. The maximum absolute atomic E-state index is 12.3. The number of carbonyl (C=O) groups is 1. The van der Waals surface area contributed by atoms with E-state index in [0.717, 1.165) is 13.1 Å². The van der Waals surface area contributed by atoms with Crippen molar-refractivity contribution in [1.82, 2.24) is 10.2 Å². The predicted octanol–water partition coefficient (Wildman–Crippen LogP) is 2.47. The Hall–Kier alpha value is -3.02. The van der Waals surface area contributed by atoms with Gasteiger partial charge in [-0.15, -0.1) is 0 Å². The predicted molar refractivity (Wildman–Crippen MR) is 101 cm³/mol. The van der Waals surface area contributed by atoms with E-state index in [2.05, 4.69) is 46.4 Å². The molecule has 130 valence electrons. The Morgan fingerprint density at radius 3 is 2.28 bits per heavy atom. The minimum Gasteiger partial charge on any atom is -0.369 e. The fraction of sp³-hybridized carbons (Fsp3) is 0.263. The molecule has 6 nitrogen and oxygen atoms in total. The summed E-state index contributed by atoms with van der Waals surface area (Å²) in [6.45, 7) is 4.97. The minimum absolute atomic E-state index is 0.108. The topological polar surface area (TPSA) is 74.0 Å². The number of aliphatic imine (C=N–C) groups is 1. The van der Waals surface area contributed by atoms with Crippen molar-refractivity contribution in [1.29, 1.82) is 0 Å². The lowest BCUT2D eigenvalue weighted by atomic mass is 10.2. The van der Waals surface area contributed by atoms with Crippen LogP contribution in [0.5, 0.6) is 0 Å². The van der Waals surface area contributed by atoms with Gasteiger partial charge in [0.2, 0.25) is 5.96 Å². The first kappa shape index (κ1) is 16.8. The SMILES string of the molecule is Cc1ccc(N2CCN(C(=O)NC(N)=Nc3ccccc3)CC2)cc1. The summed E-state index contributed by atoms with van der Waals surface area (Å²) in [6.07, 6.45) is 0. The molecule has 0 aliphatic carbocycles. The van der Waals surface area contributed by atoms with Gasteiger partial charge in [-0.05, 0) is 31.2 Å². The van der Waals surface area contributed by atoms with Crippen molar-refractivity contribution in [2.75, 3.05) is 31.1 Å². The summed E-state index contributed by atoms with van der Waals surface area (Å²) in [6, 6.07) is 17.6. The summed E-state index contributed by atoms with van der Waals surface area (Å²) in [4.78, 5) is 20.6. The molecule has 0 atom stereocenters. The van der Waals surface area contributed by atoms with Gasteiger partial charge in [-0.1, -0.05) is 35.9 Å². The third-order valence-electron chi connectivity index (χ3n) is 4.21. The Morgan fingerprint density at radius 1 is 1.00 bits per heavy atom. The highest BCUT2D eigenvalue weighted by Gasteiger charge is 2.21. The molecule has 0 saturated carbocycles. The van der Waals surface area contributed by atoms with E-state index in [1.807, 2.05) is 30.3 Å². The van der Waals surface area contributed by atoms with Crippen molar-refractivity contribution in [3.8, 4) is 0 Å². The number of anilines is 1. The number of rotatable bonds is 2. The fourth-order valence-electron chi connectivity index (χ4n) is 2.78. The highest BCUT2D eigenvalue weighted by molar-refractivity contribution is 5.96. The standard InChI is InChI=1S/C19H23N5O/c1-15-7-9-17(10-8-15)23-11-13-24(14-12-23)19(25)22-18(20)21-16-5-3-2-4-6-16/h2-10H,11-14H2,1H3,(H3,20,21,22,25). The maximum atomic E-state index is 12.3. The molecule has 25 heavy (non-hydrogen) atoms. The molecular weight excluding hydrogens is 314 g/mol. The molecule has 3 N–H and O–H groups in total. The molecule has 0 radical (unpaired) electrons. The largest absolute Gasteiger partial charge is 0.369 e. The number of hydrogen-bond donors (Lipinski definition) is 2. The zero-order chi connectivity index (χ0) is 17.6. The summed E-state index contributed by atoms with van der Waals surface area (Å²) in [7, 11) is 0. The second kappa shape index (κ2) is 7.70. The first-order valence-corrected chi connectivity index (χ1v) is 8.38. The smallest absolute Gasteiger partial charge is 0.324 e. The number of guanidine groups is 1. The summed E-state index contributed by atoms with van der Waals surface area (Å²) < 4.78 is 0. The monoisotopic (exact) mass is 337 g/mol. The minimum atomic E-state index is -0.208. The van der Waals surface area contributed by atoms with Gasteiger partial charge in [-0.25, -0.2) is 9.79 Å². The average Bonchev–Trinajstić information content (AvgIpc) is 2.63. The van der Waals surface area contributed by atoms with Crippen LogP contribution in [0, 0.1) is 6.92 Å². The molecule has 1 aliphatic rings. The molecule has 2 amide bonds. The van der Waals surface area contributed by atoms with Crippen molar-refractivity contribution in [2.45, 2.75) is 6.92 Å². The highest BCUT2D eigenvalue weighted by Crippen LogP contribution is 2.17. The Kier molecular flexibility index (Phi) is 5.18. The molecular formula is C19H23N5O. The van der Waals surface area contributed by atoms with Crippen LogP contribution in [0.3, 0.4) is 0 Å². The molecule has 1 heterocycles. The van der Waals surface area contributed by atoms with E-state index in [4.69, 9.17) is 5.73 Å². The van der Waals surface area contributed by atoms with Crippen LogP contribution in [-0.2, 0) is 0 Å². The van der Waals surface area contributed by atoms with Crippen LogP contribution >= 0.6 is 0 Å². The lowest BCUT2D eigenvalue weighted by molar-refractivity contribution is 0.199. The van der Waals surface area contributed by atoms with E-state index in [1.54, 1.807) is 4.90 Å². The fourth-order valence-corrected chi connectivity index (χ4v) is 2.78. The van der Waals surface area contributed by atoms with Crippen LogP contribution in [0.1, 0.15) is 5.56 Å². The van der Waals surface area contributed by atoms with Gasteiger partial charge in [0.1, 0.15) is 0 Å². The number of carbonyl (C=O) groups excluding carboxylic acids is 1. The quantitative estimate of drug-likeness (QED) is 0.653. The third kappa shape index (κ3) is 4.50. The van der Waals surface area contributed by atoms with Gasteiger partial charge in [0.15, 0.2) is 0 Å². The number of para-hydroxylation sites is 1. The second-order valence-electron chi connectivity index (χ2n) is 6.07. The number of benzene rings is 2. The Labute approximate surface area is 148 Å². The van der Waals surface area contributed by atoms with E-state index in [-0.39, 0.29) is 12.0 Å². The van der Waals surface area contributed by atoms with Crippen LogP contribution in [0.25, 0.3) is 0 Å². The number of nitrogens with two attached hydrogens (primary N) is 1. The van der Waals surface area contributed by atoms with Crippen molar-refractivity contribution in [3.05, 3.63) is 60.2 Å². The zero-order valence-corrected chi connectivity index (χ0v) is 14.4. The maximum Gasteiger partial charge on any atom is 0.324 e. The van der Waals surface area contributed by atoms with Gasteiger partial charge >= 0.3 is 6.03 Å². The van der Waals surface area contributed by atoms with Crippen LogP contribution < -0.4 is 16.0 Å². The normalized spacial score (nSPS) is 15.2. The van der Waals surface area contributed by atoms with Crippen molar-refractivity contribution < 1.29 is 4.79 Å². The van der Waals surface area contributed by atoms with Gasteiger partial charge in [-0.3, -0.25) is 5.32 Å². The summed E-state index contributed by atoms with van der Waals surface area (Å²) >= 11 is 0. The second-order valence-corrected chi connectivity index (χ2v) is 6.07. The summed E-state index contributed by atoms with van der Waals surface area (Å²) in [5, 5.41) is 2.66. The number of amides is 2. The average molecular weight is 337 g/mol. The molecule has 6 heteroatoms. The number of nitrogens with one attached hydrogen (secondary N) is 1. The number of urea groups is 1. The van der Waals surface area contributed by atoms with Crippen molar-refractivity contribution >= 4 is 23.4 Å². The van der Waals surface area contributed by atoms with Crippen LogP contribution in [0.2, 0.25) is 0 Å². The molecule has 0 spiro atoms. The number of nitrogens with zero attached hydrogens (tertiary/aromatic N) is 3. The van der Waals surface area contributed by atoms with Crippen molar-refractivity contribution in [3.63, 3.8) is 0 Å². The molecule has 0 unspecified atom stereocenters. The lowest BCUT2D eigenvalue weighted by Gasteiger charge is -2.36. The van der Waals surface area contributed by atoms with Crippen molar-refractivity contribution in [2.24, 2.45) is 10.7 Å². The molecule has 1 saturated heterocycles. The van der Waals surface area contributed by atoms with Gasteiger partial charge < -0.3 is 15.5 Å². The summed E-state index contributed by atoms with van der Waals surface area (Å²) in [5.74, 6) is 0.108. The van der Waals surface area contributed by atoms with Gasteiger partial charge in [-0.2, -0.15) is 0 Å². The van der Waals surface area contributed by atoms with Gasteiger partial charge in [0, 0.05) is 31.9 Å². The van der Waals surface area contributed by atoms with E-state index >= 15 is 0 Å². The number of hydrogen-bond acceptors (Lipinski definition) is 3. The Balaban J connectivity index is 1.53. The molecule has 0 aromatic heterocycles.